The molecule has 2 aliphatic heterocycles. The van der Waals surface area contributed by atoms with E-state index in [0.29, 0.717) is 19.0 Å². The fourth-order valence-corrected chi connectivity index (χ4v) is 3.39. The van der Waals surface area contributed by atoms with Crippen LogP contribution in [0.3, 0.4) is 0 Å². The molecule has 1 unspecified atom stereocenters. The van der Waals surface area contributed by atoms with Gasteiger partial charge in [-0.05, 0) is 19.4 Å². The molecule has 3 rings (SSSR count). The zero-order chi connectivity index (χ0) is 14.8. The van der Waals surface area contributed by atoms with Crippen molar-refractivity contribution in [3.05, 3.63) is 17.7 Å². The van der Waals surface area contributed by atoms with Crippen molar-refractivity contribution in [1.29, 1.82) is 0 Å². The van der Waals surface area contributed by atoms with Gasteiger partial charge in [-0.3, -0.25) is 10.1 Å². The predicted molar refractivity (Wildman–Crippen MR) is 80.8 cm³/mol. The van der Waals surface area contributed by atoms with E-state index in [4.69, 9.17) is 0 Å². The van der Waals surface area contributed by atoms with Gasteiger partial charge in [0.05, 0.1) is 23.8 Å². The summed E-state index contributed by atoms with van der Waals surface area (Å²) in [7, 11) is 1.95. The monoisotopic (exact) mass is 291 g/mol. The number of likely N-dealkylation sites (tertiary alicyclic amines) is 1. The Bertz CT molecular complexity index is 492. The fraction of sp³-hybridized carbons (Fsp3) is 0.733. The molecule has 6 nitrogen and oxygen atoms in total. The van der Waals surface area contributed by atoms with E-state index in [-0.39, 0.29) is 11.9 Å². The number of carbonyl (C=O) groups excluding carboxylic acids is 1. The second-order valence-corrected chi connectivity index (χ2v) is 6.08. The maximum atomic E-state index is 12.7. The van der Waals surface area contributed by atoms with Crippen molar-refractivity contribution in [3.8, 4) is 0 Å². The SMILES string of the molecule is CCN1CCC(N(C)C(=O)C2Cc3nc[nH]c3CN2)CC1. The van der Waals surface area contributed by atoms with Crippen LogP contribution in [0.1, 0.15) is 31.2 Å². The highest BCUT2D eigenvalue weighted by atomic mass is 16.2. The minimum Gasteiger partial charge on any atom is -0.347 e. The van der Waals surface area contributed by atoms with E-state index in [2.05, 4.69) is 27.1 Å². The summed E-state index contributed by atoms with van der Waals surface area (Å²) in [4.78, 5) is 24.5. The number of imidazole rings is 1. The van der Waals surface area contributed by atoms with Crippen LogP contribution >= 0.6 is 0 Å². The summed E-state index contributed by atoms with van der Waals surface area (Å²) in [5, 5.41) is 3.33. The van der Waals surface area contributed by atoms with Crippen molar-refractivity contribution < 1.29 is 4.79 Å². The molecule has 1 fully saturated rings. The Morgan fingerprint density at radius 1 is 1.48 bits per heavy atom. The smallest absolute Gasteiger partial charge is 0.240 e. The predicted octanol–water partition coefficient (Wildman–Crippen LogP) is 0.367. The maximum Gasteiger partial charge on any atom is 0.240 e. The van der Waals surface area contributed by atoms with Gasteiger partial charge in [0.25, 0.3) is 0 Å². The zero-order valence-corrected chi connectivity index (χ0v) is 12.9. The number of nitrogens with zero attached hydrogens (tertiary/aromatic N) is 3. The van der Waals surface area contributed by atoms with Crippen molar-refractivity contribution in [1.82, 2.24) is 25.1 Å². The summed E-state index contributed by atoms with van der Waals surface area (Å²) in [5.74, 6) is 0.207. The molecule has 6 heteroatoms. The van der Waals surface area contributed by atoms with E-state index in [1.54, 1.807) is 6.33 Å². The molecule has 1 aromatic rings. The van der Waals surface area contributed by atoms with Crippen molar-refractivity contribution in [3.63, 3.8) is 0 Å². The average Bonchev–Trinajstić information content (AvgIpc) is 3.01. The van der Waals surface area contributed by atoms with Crippen LogP contribution in [-0.4, -0.2) is 64.4 Å². The van der Waals surface area contributed by atoms with Gasteiger partial charge in [-0.2, -0.15) is 0 Å². The number of nitrogens with one attached hydrogen (secondary N) is 2. The summed E-state index contributed by atoms with van der Waals surface area (Å²) in [6.07, 6.45) is 4.56. The summed E-state index contributed by atoms with van der Waals surface area (Å²) in [6.45, 7) is 6.20. The molecule has 0 aromatic carbocycles. The topological polar surface area (TPSA) is 64.3 Å². The Morgan fingerprint density at radius 2 is 2.24 bits per heavy atom. The molecule has 3 heterocycles. The quantitative estimate of drug-likeness (QED) is 0.844. The van der Waals surface area contributed by atoms with Crippen LogP contribution in [0.15, 0.2) is 6.33 Å². The number of hydrogen-bond acceptors (Lipinski definition) is 4. The van der Waals surface area contributed by atoms with E-state index in [0.717, 1.165) is 43.9 Å². The summed E-state index contributed by atoms with van der Waals surface area (Å²) < 4.78 is 0. The lowest BCUT2D eigenvalue weighted by atomic mass is 10.00. The van der Waals surface area contributed by atoms with Gasteiger partial charge in [0.2, 0.25) is 5.91 Å². The van der Waals surface area contributed by atoms with Gasteiger partial charge < -0.3 is 14.8 Å². The van der Waals surface area contributed by atoms with Crippen LogP contribution in [-0.2, 0) is 17.8 Å². The Morgan fingerprint density at radius 3 is 2.95 bits per heavy atom. The lowest BCUT2D eigenvalue weighted by Crippen LogP contribution is -2.53. The van der Waals surface area contributed by atoms with Crippen LogP contribution in [0.4, 0.5) is 0 Å². The standard InChI is InChI=1S/C15H25N5O/c1-3-20-6-4-11(5-7-20)19(2)15(21)13-8-12-14(9-16-13)18-10-17-12/h10-11,13,16H,3-9H2,1-2H3,(H,17,18). The number of aromatic nitrogens is 2. The number of aromatic amines is 1. The molecule has 2 aliphatic rings. The highest BCUT2D eigenvalue weighted by Crippen LogP contribution is 2.18. The van der Waals surface area contributed by atoms with Crippen LogP contribution in [0, 0.1) is 0 Å². The largest absolute Gasteiger partial charge is 0.347 e. The average molecular weight is 291 g/mol. The van der Waals surface area contributed by atoms with Gasteiger partial charge in [-0.15, -0.1) is 0 Å². The second-order valence-electron chi connectivity index (χ2n) is 6.08. The third-order valence-electron chi connectivity index (χ3n) is 4.93. The third-order valence-corrected chi connectivity index (χ3v) is 4.93. The minimum atomic E-state index is -0.130. The van der Waals surface area contributed by atoms with E-state index < -0.39 is 0 Å². The van der Waals surface area contributed by atoms with E-state index in [1.165, 1.54) is 0 Å². The van der Waals surface area contributed by atoms with Crippen LogP contribution in [0.5, 0.6) is 0 Å². The zero-order valence-electron chi connectivity index (χ0n) is 12.9. The molecule has 1 aromatic heterocycles. The lowest BCUT2D eigenvalue weighted by Gasteiger charge is -2.38. The van der Waals surface area contributed by atoms with Crippen molar-refractivity contribution in [2.75, 3.05) is 26.7 Å². The van der Waals surface area contributed by atoms with Crippen molar-refractivity contribution >= 4 is 5.91 Å². The number of likely N-dealkylation sites (N-methyl/N-ethyl adjacent to an activating group) is 1. The lowest BCUT2D eigenvalue weighted by molar-refractivity contribution is -0.135. The number of rotatable bonds is 3. The molecule has 116 valence electrons. The molecular formula is C15H25N5O. The molecule has 0 saturated carbocycles. The molecule has 0 spiro atoms. The first-order chi connectivity index (χ1) is 10.2. The number of amides is 1. The highest BCUT2D eigenvalue weighted by molar-refractivity contribution is 5.82. The number of hydrogen-bond donors (Lipinski definition) is 2. The van der Waals surface area contributed by atoms with Crippen LogP contribution in [0.25, 0.3) is 0 Å². The van der Waals surface area contributed by atoms with Gasteiger partial charge in [-0.25, -0.2) is 4.98 Å². The Kier molecular flexibility index (Phi) is 4.26. The summed E-state index contributed by atoms with van der Waals surface area (Å²) in [5.41, 5.74) is 2.14. The number of piperidine rings is 1. The van der Waals surface area contributed by atoms with Crippen LogP contribution < -0.4 is 5.32 Å². The minimum absolute atomic E-state index is 0.130. The molecule has 2 N–H and O–H groups in total. The molecule has 0 radical (unpaired) electrons. The Hall–Kier alpha value is -1.40. The van der Waals surface area contributed by atoms with Gasteiger partial charge in [-0.1, -0.05) is 6.92 Å². The summed E-state index contributed by atoms with van der Waals surface area (Å²) in [6, 6.07) is 0.248. The molecule has 1 atom stereocenters. The van der Waals surface area contributed by atoms with Gasteiger partial charge in [0.15, 0.2) is 0 Å². The first kappa shape index (κ1) is 14.5. The van der Waals surface area contributed by atoms with Gasteiger partial charge >= 0.3 is 0 Å². The van der Waals surface area contributed by atoms with Crippen LogP contribution in [0.2, 0.25) is 0 Å². The molecule has 0 bridgehead atoms. The van der Waals surface area contributed by atoms with Gasteiger partial charge in [0.1, 0.15) is 0 Å². The van der Waals surface area contributed by atoms with Crippen molar-refractivity contribution in [2.24, 2.45) is 0 Å². The first-order valence-corrected chi connectivity index (χ1v) is 7.92. The third kappa shape index (κ3) is 2.96. The fourth-order valence-electron chi connectivity index (χ4n) is 3.39. The Labute approximate surface area is 125 Å². The maximum absolute atomic E-state index is 12.7. The van der Waals surface area contributed by atoms with Gasteiger partial charge in [0, 0.05) is 39.1 Å². The van der Waals surface area contributed by atoms with E-state index in [9.17, 15) is 4.79 Å². The first-order valence-electron chi connectivity index (χ1n) is 7.92. The molecule has 1 amide bonds. The van der Waals surface area contributed by atoms with E-state index >= 15 is 0 Å². The normalized spacial score (nSPS) is 23.8. The molecule has 1 saturated heterocycles. The summed E-state index contributed by atoms with van der Waals surface area (Å²) >= 11 is 0. The highest BCUT2D eigenvalue weighted by Gasteiger charge is 2.32. The van der Waals surface area contributed by atoms with E-state index in [1.807, 2.05) is 11.9 Å². The second kappa shape index (κ2) is 6.15. The Balaban J connectivity index is 1.58. The molecular weight excluding hydrogens is 266 g/mol. The molecule has 0 aliphatic carbocycles. The number of H-pyrrole nitrogens is 1. The number of fused-ring (bicyclic) bond motifs is 1. The van der Waals surface area contributed by atoms with Crippen molar-refractivity contribution in [2.45, 2.75) is 44.8 Å². The molecule has 21 heavy (non-hydrogen) atoms. The number of carbonyl (C=O) groups is 1.